The molecule has 0 atom stereocenters. The second-order valence-corrected chi connectivity index (χ2v) is 4.76. The van der Waals surface area contributed by atoms with Gasteiger partial charge in [-0.15, -0.1) is 10.2 Å². The molecule has 0 aliphatic heterocycles. The summed E-state index contributed by atoms with van der Waals surface area (Å²) in [5, 5.41) is 7.99. The number of allylic oxidation sites excluding steroid dienone is 2. The van der Waals surface area contributed by atoms with Gasteiger partial charge in [-0.2, -0.15) is 0 Å². The number of nitrogens with two attached hydrogens (primary N) is 1. The molecule has 2 N–H and O–H groups in total. The Morgan fingerprint density at radius 1 is 1.35 bits per heavy atom. The zero-order valence-corrected chi connectivity index (χ0v) is 12.5. The fourth-order valence-corrected chi connectivity index (χ4v) is 1.65. The minimum Gasteiger partial charge on any atom is -0.415 e. The molecule has 0 amide bonds. The first-order valence-electron chi connectivity index (χ1n) is 5.84. The molecule has 1 aromatic carbocycles. The third kappa shape index (κ3) is 3.21. The van der Waals surface area contributed by atoms with Gasteiger partial charge in [0.05, 0.1) is 0 Å². The van der Waals surface area contributed by atoms with Crippen LogP contribution in [0.15, 0.2) is 58.1 Å². The van der Waals surface area contributed by atoms with Gasteiger partial charge in [0.25, 0.3) is 5.89 Å². The van der Waals surface area contributed by atoms with E-state index in [9.17, 15) is 0 Å². The highest BCUT2D eigenvalue weighted by Crippen LogP contribution is 2.23. The van der Waals surface area contributed by atoms with Crippen LogP contribution in [0.2, 0.25) is 0 Å². The highest BCUT2D eigenvalue weighted by Gasteiger charge is 2.14. The van der Waals surface area contributed by atoms with Crippen molar-refractivity contribution in [2.75, 3.05) is 0 Å². The Labute approximate surface area is 125 Å². The summed E-state index contributed by atoms with van der Waals surface area (Å²) in [7, 11) is 0. The van der Waals surface area contributed by atoms with E-state index in [1.165, 1.54) is 0 Å². The van der Waals surface area contributed by atoms with Crippen LogP contribution in [0.5, 0.6) is 0 Å². The molecule has 1 heterocycles. The number of benzene rings is 1. The van der Waals surface area contributed by atoms with E-state index in [4.69, 9.17) is 10.2 Å². The highest BCUT2D eigenvalue weighted by atomic mass is 79.9. The van der Waals surface area contributed by atoms with Crippen LogP contribution in [-0.4, -0.2) is 14.8 Å². The van der Waals surface area contributed by atoms with E-state index >= 15 is 0 Å². The lowest BCUT2D eigenvalue weighted by Gasteiger charge is -1.99. The van der Waals surface area contributed by atoms with Crippen LogP contribution in [0.1, 0.15) is 12.8 Å². The molecule has 0 saturated carbocycles. The summed E-state index contributed by atoms with van der Waals surface area (Å²) in [6.45, 7) is 5.33. The molecule has 0 aliphatic rings. The molecule has 20 heavy (non-hydrogen) atoms. The Hall–Kier alpha value is -2.21. The van der Waals surface area contributed by atoms with Crippen LogP contribution >= 0.6 is 15.9 Å². The lowest BCUT2D eigenvalue weighted by Crippen LogP contribution is -1.98. The van der Waals surface area contributed by atoms with Gasteiger partial charge in [0.2, 0.25) is 5.89 Å². The predicted molar refractivity (Wildman–Crippen MR) is 83.1 cm³/mol. The molecule has 0 aliphatic carbocycles. The van der Waals surface area contributed by atoms with Crippen LogP contribution in [0, 0.1) is 0 Å². The number of nitrogens with zero attached hydrogens (tertiary/aromatic N) is 3. The number of aromatic nitrogens is 2. The lowest BCUT2D eigenvalue weighted by atomic mass is 10.2. The van der Waals surface area contributed by atoms with Gasteiger partial charge in [-0.25, -0.2) is 4.99 Å². The molecule has 0 fully saturated rings. The largest absolute Gasteiger partial charge is 0.415 e. The Kier molecular flexibility index (Phi) is 4.47. The van der Waals surface area contributed by atoms with Crippen molar-refractivity contribution in [2.24, 2.45) is 10.7 Å². The van der Waals surface area contributed by atoms with Crippen LogP contribution in [0.3, 0.4) is 0 Å². The van der Waals surface area contributed by atoms with E-state index in [2.05, 4.69) is 37.7 Å². The minimum absolute atomic E-state index is 0.266. The van der Waals surface area contributed by atoms with Crippen molar-refractivity contribution in [1.82, 2.24) is 10.2 Å². The normalized spacial score (nSPS) is 13.0. The van der Waals surface area contributed by atoms with Crippen molar-refractivity contribution in [1.29, 1.82) is 0 Å². The van der Waals surface area contributed by atoms with Crippen molar-refractivity contribution >= 4 is 26.2 Å². The summed E-state index contributed by atoms with van der Waals surface area (Å²) in [4.78, 5) is 4.25. The van der Waals surface area contributed by atoms with Crippen molar-refractivity contribution in [2.45, 2.75) is 6.92 Å². The van der Waals surface area contributed by atoms with Gasteiger partial charge in [0, 0.05) is 11.3 Å². The molecular formula is C14H13BrN4O. The Morgan fingerprint density at radius 2 is 2.05 bits per heavy atom. The SMILES string of the molecule is C=CC(Br)=N/C(=C(\C)N)c1nnc(-c2ccccc2)o1. The highest BCUT2D eigenvalue weighted by molar-refractivity contribution is 9.18. The Morgan fingerprint density at radius 3 is 2.65 bits per heavy atom. The van der Waals surface area contributed by atoms with Gasteiger partial charge in [0.1, 0.15) is 10.3 Å². The maximum Gasteiger partial charge on any atom is 0.268 e. The second-order valence-electron chi connectivity index (χ2n) is 3.95. The number of hydrogen-bond donors (Lipinski definition) is 1. The Bertz CT molecular complexity index is 669. The third-order valence-electron chi connectivity index (χ3n) is 2.41. The van der Waals surface area contributed by atoms with E-state index in [-0.39, 0.29) is 5.89 Å². The van der Waals surface area contributed by atoms with Gasteiger partial charge in [-0.3, -0.25) is 0 Å². The van der Waals surface area contributed by atoms with Gasteiger partial charge in [-0.05, 0) is 41.1 Å². The maximum absolute atomic E-state index is 5.81. The topological polar surface area (TPSA) is 77.3 Å². The summed E-state index contributed by atoms with van der Waals surface area (Å²) in [5.74, 6) is 0.687. The Balaban J connectivity index is 2.41. The summed E-state index contributed by atoms with van der Waals surface area (Å²) in [6, 6.07) is 9.49. The zero-order chi connectivity index (χ0) is 14.5. The molecule has 2 rings (SSSR count). The molecule has 2 aromatic rings. The average molecular weight is 333 g/mol. The molecule has 102 valence electrons. The van der Waals surface area contributed by atoms with Crippen LogP contribution in [0.4, 0.5) is 0 Å². The molecule has 0 radical (unpaired) electrons. The molecule has 1 aromatic heterocycles. The summed E-state index contributed by atoms with van der Waals surface area (Å²) < 4.78 is 6.15. The monoisotopic (exact) mass is 332 g/mol. The van der Waals surface area contributed by atoms with E-state index in [1.54, 1.807) is 13.0 Å². The van der Waals surface area contributed by atoms with Crippen molar-refractivity contribution in [3.8, 4) is 11.5 Å². The molecule has 6 heteroatoms. The summed E-state index contributed by atoms with van der Waals surface area (Å²) in [6.07, 6.45) is 1.55. The van der Waals surface area contributed by atoms with Gasteiger partial charge < -0.3 is 10.2 Å². The van der Waals surface area contributed by atoms with Crippen molar-refractivity contribution in [3.63, 3.8) is 0 Å². The molecule has 0 spiro atoms. The van der Waals surface area contributed by atoms with E-state index < -0.39 is 0 Å². The maximum atomic E-state index is 5.81. The molecule has 0 saturated heterocycles. The first-order chi connectivity index (χ1) is 9.61. The van der Waals surface area contributed by atoms with Gasteiger partial charge in [0.15, 0.2) is 0 Å². The molecule has 0 unspecified atom stereocenters. The average Bonchev–Trinajstić information content (AvgIpc) is 2.94. The summed E-state index contributed by atoms with van der Waals surface area (Å²) in [5.41, 5.74) is 7.55. The van der Waals surface area contributed by atoms with Crippen LogP contribution < -0.4 is 5.73 Å². The molecular weight excluding hydrogens is 320 g/mol. The minimum atomic E-state index is 0.266. The number of aliphatic imine (C=N–C) groups is 1. The van der Waals surface area contributed by atoms with Crippen molar-refractivity contribution < 1.29 is 4.42 Å². The second kappa shape index (κ2) is 6.29. The lowest BCUT2D eigenvalue weighted by molar-refractivity contribution is 0.551. The first-order valence-corrected chi connectivity index (χ1v) is 6.63. The van der Waals surface area contributed by atoms with Gasteiger partial charge in [-0.1, -0.05) is 24.8 Å². The predicted octanol–water partition coefficient (Wildman–Crippen LogP) is 3.36. The van der Waals surface area contributed by atoms with Crippen LogP contribution in [0.25, 0.3) is 17.2 Å². The van der Waals surface area contributed by atoms with Gasteiger partial charge >= 0.3 is 0 Å². The summed E-state index contributed by atoms with van der Waals surface area (Å²) >= 11 is 3.25. The molecule has 0 bridgehead atoms. The molecule has 5 nitrogen and oxygen atoms in total. The number of hydrogen-bond acceptors (Lipinski definition) is 5. The first kappa shape index (κ1) is 14.2. The van der Waals surface area contributed by atoms with E-state index in [0.717, 1.165) is 5.56 Å². The number of halogens is 1. The quantitative estimate of drug-likeness (QED) is 0.871. The van der Waals surface area contributed by atoms with Crippen LogP contribution in [-0.2, 0) is 0 Å². The fraction of sp³-hybridized carbons (Fsp3) is 0.0714. The zero-order valence-electron chi connectivity index (χ0n) is 10.9. The third-order valence-corrected chi connectivity index (χ3v) is 2.91. The van der Waals surface area contributed by atoms with E-state index in [1.807, 2.05) is 30.3 Å². The smallest absolute Gasteiger partial charge is 0.268 e. The van der Waals surface area contributed by atoms with Crippen molar-refractivity contribution in [3.05, 3.63) is 54.6 Å². The number of rotatable bonds is 4. The van der Waals surface area contributed by atoms with E-state index in [0.29, 0.717) is 21.9 Å². The fourth-order valence-electron chi connectivity index (χ4n) is 1.47. The standard InChI is InChI=1S/C14H13BrN4O/c1-3-11(15)17-12(9(2)16)14-19-18-13(20-14)10-7-5-4-6-8-10/h3-8H,1,16H2,2H3/b12-9+,17-11?.